The summed E-state index contributed by atoms with van der Waals surface area (Å²) in [4.78, 5) is 14.6. The maximum absolute atomic E-state index is 13.0. The lowest BCUT2D eigenvalue weighted by Crippen LogP contribution is -2.41. The van der Waals surface area contributed by atoms with E-state index in [1.165, 1.54) is 5.41 Å². The molecule has 142 valence electrons. The van der Waals surface area contributed by atoms with Gasteiger partial charge in [0.2, 0.25) is 5.91 Å². The third kappa shape index (κ3) is 4.98. The molecule has 2 aromatic rings. The molecule has 1 atom stereocenters. The van der Waals surface area contributed by atoms with E-state index in [0.717, 1.165) is 5.56 Å². The quantitative estimate of drug-likeness (QED) is 0.733. The number of sulfone groups is 1. The highest BCUT2D eigenvalue weighted by molar-refractivity contribution is 7.94. The van der Waals surface area contributed by atoms with E-state index in [1.54, 1.807) is 35.2 Å². The number of carbonyl (C=O) groups excluding carboxylic acids is 1. The number of benzene rings is 2. The molecule has 1 heterocycles. The first-order valence-electron chi connectivity index (χ1n) is 8.98. The minimum Gasteiger partial charge on any atom is -0.494 e. The van der Waals surface area contributed by atoms with Gasteiger partial charge in [0.15, 0.2) is 9.84 Å². The number of rotatable bonds is 7. The van der Waals surface area contributed by atoms with Crippen molar-refractivity contribution in [1.82, 2.24) is 0 Å². The van der Waals surface area contributed by atoms with Crippen LogP contribution in [0.3, 0.4) is 0 Å². The maximum Gasteiger partial charge on any atom is 0.227 e. The molecular formula is C21H23NO4S. The van der Waals surface area contributed by atoms with Gasteiger partial charge in [-0.2, -0.15) is 0 Å². The normalized spacial score (nSPS) is 17.6. The lowest BCUT2D eigenvalue weighted by atomic mass is 10.1. The molecule has 1 unspecified atom stereocenters. The van der Waals surface area contributed by atoms with Gasteiger partial charge >= 0.3 is 0 Å². The summed E-state index contributed by atoms with van der Waals surface area (Å²) in [6, 6.07) is 16.5. The fourth-order valence-corrected chi connectivity index (χ4v) is 4.39. The Kier molecular flexibility index (Phi) is 5.96. The minimum atomic E-state index is -3.27. The summed E-state index contributed by atoms with van der Waals surface area (Å²) >= 11 is 0. The Bertz CT molecular complexity index is 905. The average molecular weight is 385 g/mol. The van der Waals surface area contributed by atoms with E-state index < -0.39 is 15.9 Å². The predicted molar refractivity (Wildman–Crippen MR) is 107 cm³/mol. The Morgan fingerprint density at radius 3 is 2.41 bits per heavy atom. The maximum atomic E-state index is 13.0. The Hall–Kier alpha value is -2.60. The lowest BCUT2D eigenvalue weighted by molar-refractivity contribution is -0.118. The molecule has 0 bridgehead atoms. The smallest absolute Gasteiger partial charge is 0.227 e. The number of carbonyl (C=O) groups is 1. The van der Waals surface area contributed by atoms with Crippen LogP contribution in [0.25, 0.3) is 0 Å². The second kappa shape index (κ2) is 8.39. The van der Waals surface area contributed by atoms with Crippen molar-refractivity contribution < 1.29 is 17.9 Å². The second-order valence-electron chi connectivity index (χ2n) is 6.40. The highest BCUT2D eigenvalue weighted by Crippen LogP contribution is 2.26. The number of amides is 1. The number of nitrogens with zero attached hydrogens (tertiary/aromatic N) is 1. The van der Waals surface area contributed by atoms with Gasteiger partial charge in [-0.1, -0.05) is 30.3 Å². The average Bonchev–Trinajstić information content (AvgIpc) is 3.02. The molecule has 0 aliphatic carbocycles. The highest BCUT2D eigenvalue weighted by atomic mass is 32.2. The summed E-state index contributed by atoms with van der Waals surface area (Å²) < 4.78 is 29.2. The number of anilines is 1. The molecule has 0 N–H and O–H groups in total. The first-order chi connectivity index (χ1) is 13.0. The van der Waals surface area contributed by atoms with Gasteiger partial charge in [-0.3, -0.25) is 4.79 Å². The van der Waals surface area contributed by atoms with Gasteiger partial charge in [0, 0.05) is 17.5 Å². The molecule has 1 aliphatic heterocycles. The largest absolute Gasteiger partial charge is 0.494 e. The van der Waals surface area contributed by atoms with Gasteiger partial charge in [-0.15, -0.1) is 0 Å². The number of aryl methyl sites for hydroxylation is 1. The fraction of sp³-hybridized carbons (Fsp3) is 0.286. The Morgan fingerprint density at radius 1 is 1.11 bits per heavy atom. The van der Waals surface area contributed by atoms with Crippen molar-refractivity contribution >= 4 is 21.4 Å². The van der Waals surface area contributed by atoms with E-state index in [0.29, 0.717) is 30.9 Å². The van der Waals surface area contributed by atoms with Crippen molar-refractivity contribution in [3.8, 4) is 5.75 Å². The van der Waals surface area contributed by atoms with Gasteiger partial charge in [0.1, 0.15) is 5.75 Å². The number of ether oxygens (including phenoxy) is 1. The zero-order valence-electron chi connectivity index (χ0n) is 15.2. The molecule has 0 saturated heterocycles. The summed E-state index contributed by atoms with van der Waals surface area (Å²) in [5.41, 5.74) is 1.75. The van der Waals surface area contributed by atoms with Crippen LogP contribution in [0.5, 0.6) is 5.75 Å². The minimum absolute atomic E-state index is 0.0860. The van der Waals surface area contributed by atoms with E-state index >= 15 is 0 Å². The van der Waals surface area contributed by atoms with Gasteiger partial charge in [0.05, 0.1) is 18.4 Å². The third-order valence-electron chi connectivity index (χ3n) is 4.41. The van der Waals surface area contributed by atoms with Crippen LogP contribution < -0.4 is 9.64 Å². The van der Waals surface area contributed by atoms with Crippen molar-refractivity contribution in [2.75, 3.05) is 17.3 Å². The van der Waals surface area contributed by atoms with Crippen LogP contribution in [0.15, 0.2) is 66.1 Å². The molecule has 1 aliphatic rings. The number of hydrogen-bond acceptors (Lipinski definition) is 4. The van der Waals surface area contributed by atoms with Crippen LogP contribution in [0.1, 0.15) is 18.9 Å². The molecule has 1 amide bonds. The summed E-state index contributed by atoms with van der Waals surface area (Å²) in [5.74, 6) is 0.527. The standard InChI is InChI=1S/C21H23NO4S/c1-2-26-20-11-9-18(10-12-20)22(19-14-15-27(24,25)16-19)21(23)13-8-17-6-4-3-5-7-17/h3-7,9-12,14-15,19H,2,8,13,16H2,1H3. The summed E-state index contributed by atoms with van der Waals surface area (Å²) in [6.45, 7) is 2.46. The summed E-state index contributed by atoms with van der Waals surface area (Å²) in [6.07, 6.45) is 2.50. The Morgan fingerprint density at radius 2 is 1.81 bits per heavy atom. The van der Waals surface area contributed by atoms with Crippen LogP contribution in [-0.2, 0) is 21.1 Å². The highest BCUT2D eigenvalue weighted by Gasteiger charge is 2.31. The van der Waals surface area contributed by atoms with Gasteiger partial charge in [-0.05, 0) is 49.2 Å². The Balaban J connectivity index is 1.81. The molecule has 27 heavy (non-hydrogen) atoms. The molecule has 0 spiro atoms. The molecule has 6 heteroatoms. The van der Waals surface area contributed by atoms with Gasteiger partial charge < -0.3 is 9.64 Å². The van der Waals surface area contributed by atoms with Crippen LogP contribution in [0.4, 0.5) is 5.69 Å². The van der Waals surface area contributed by atoms with E-state index in [4.69, 9.17) is 4.74 Å². The predicted octanol–water partition coefficient (Wildman–Crippen LogP) is 3.36. The molecule has 0 aromatic heterocycles. The van der Waals surface area contributed by atoms with E-state index in [1.807, 2.05) is 37.3 Å². The molecule has 0 radical (unpaired) electrons. The van der Waals surface area contributed by atoms with Crippen molar-refractivity contribution in [3.63, 3.8) is 0 Å². The topological polar surface area (TPSA) is 63.7 Å². The van der Waals surface area contributed by atoms with Crippen molar-refractivity contribution in [3.05, 3.63) is 71.6 Å². The molecule has 5 nitrogen and oxygen atoms in total. The van der Waals surface area contributed by atoms with Crippen LogP contribution in [0, 0.1) is 0 Å². The van der Waals surface area contributed by atoms with Crippen molar-refractivity contribution in [1.29, 1.82) is 0 Å². The monoisotopic (exact) mass is 385 g/mol. The van der Waals surface area contributed by atoms with Crippen molar-refractivity contribution in [2.45, 2.75) is 25.8 Å². The molecule has 0 fully saturated rings. The lowest BCUT2D eigenvalue weighted by Gasteiger charge is -2.28. The first-order valence-corrected chi connectivity index (χ1v) is 10.7. The number of hydrogen-bond donors (Lipinski definition) is 0. The molecule has 3 rings (SSSR count). The zero-order chi connectivity index (χ0) is 19.3. The first kappa shape index (κ1) is 19.2. The fourth-order valence-electron chi connectivity index (χ4n) is 3.13. The van der Waals surface area contributed by atoms with Crippen LogP contribution in [-0.4, -0.2) is 32.7 Å². The SMILES string of the molecule is CCOc1ccc(N(C(=O)CCc2ccccc2)C2C=CS(=O)(=O)C2)cc1. The summed E-state index contributed by atoms with van der Waals surface area (Å²) in [7, 11) is -3.27. The van der Waals surface area contributed by atoms with Gasteiger partial charge in [-0.25, -0.2) is 8.42 Å². The third-order valence-corrected chi connectivity index (χ3v) is 5.79. The molecular weight excluding hydrogens is 362 g/mol. The van der Waals surface area contributed by atoms with Crippen LogP contribution >= 0.6 is 0 Å². The molecule has 2 aromatic carbocycles. The van der Waals surface area contributed by atoms with Crippen molar-refractivity contribution in [2.24, 2.45) is 0 Å². The van der Waals surface area contributed by atoms with E-state index in [-0.39, 0.29) is 11.7 Å². The van der Waals surface area contributed by atoms with Crippen LogP contribution in [0.2, 0.25) is 0 Å². The molecule has 0 saturated carbocycles. The zero-order valence-corrected chi connectivity index (χ0v) is 16.1. The summed E-state index contributed by atoms with van der Waals surface area (Å²) in [5, 5.41) is 1.20. The van der Waals surface area contributed by atoms with E-state index in [9.17, 15) is 13.2 Å². The Labute approximate surface area is 160 Å². The second-order valence-corrected chi connectivity index (χ2v) is 8.33. The van der Waals surface area contributed by atoms with Gasteiger partial charge in [0.25, 0.3) is 0 Å². The van der Waals surface area contributed by atoms with E-state index in [2.05, 4.69) is 0 Å².